The molecule has 0 aromatic rings. The highest BCUT2D eigenvalue weighted by Gasteiger charge is 2.07. The van der Waals surface area contributed by atoms with Crippen LogP contribution in [-0.2, 0) is 0 Å². The molecule has 0 aliphatic carbocycles. The Morgan fingerprint density at radius 1 is 1.22 bits per heavy atom. The van der Waals surface area contributed by atoms with Gasteiger partial charge < -0.3 is 4.85 Å². The minimum atomic E-state index is 0.306. The molecule has 0 atom stereocenters. The van der Waals surface area contributed by atoms with Gasteiger partial charge in [0.05, 0.1) is 0 Å². The Morgan fingerprint density at radius 2 is 1.67 bits per heavy atom. The van der Waals surface area contributed by atoms with Gasteiger partial charge in [0.1, 0.15) is 0 Å². The van der Waals surface area contributed by atoms with Crippen LogP contribution in [0.2, 0.25) is 0 Å². The standard InChI is InChI=1S/C8H15N/c1-4-6-8(9-3)7-5-2/h8H,4-7H2,1-2H3. The Morgan fingerprint density at radius 3 is 1.89 bits per heavy atom. The van der Waals surface area contributed by atoms with E-state index in [1.54, 1.807) is 0 Å². The quantitative estimate of drug-likeness (QED) is 0.509. The smallest absolute Gasteiger partial charge is 0.223 e. The lowest BCUT2D eigenvalue weighted by molar-refractivity contribution is 0.615. The summed E-state index contributed by atoms with van der Waals surface area (Å²) < 4.78 is 0. The predicted molar refractivity (Wildman–Crippen MR) is 40.2 cm³/mol. The zero-order valence-corrected chi connectivity index (χ0v) is 6.35. The zero-order valence-electron chi connectivity index (χ0n) is 6.35. The van der Waals surface area contributed by atoms with Gasteiger partial charge in [0, 0.05) is 12.8 Å². The van der Waals surface area contributed by atoms with Crippen molar-refractivity contribution >= 4 is 0 Å². The Balaban J connectivity index is 3.32. The summed E-state index contributed by atoms with van der Waals surface area (Å²) in [6, 6.07) is 0.306. The minimum Gasteiger partial charge on any atom is -0.314 e. The molecule has 0 aromatic heterocycles. The van der Waals surface area contributed by atoms with E-state index in [1.165, 1.54) is 0 Å². The van der Waals surface area contributed by atoms with Crippen LogP contribution in [0.4, 0.5) is 0 Å². The average Bonchev–Trinajstić information content (AvgIpc) is 1.88. The minimum absolute atomic E-state index is 0.306. The van der Waals surface area contributed by atoms with Gasteiger partial charge >= 0.3 is 0 Å². The molecule has 0 aromatic carbocycles. The molecule has 0 fully saturated rings. The summed E-state index contributed by atoms with van der Waals surface area (Å²) in [5, 5.41) is 0. The predicted octanol–water partition coefficient (Wildman–Crippen LogP) is 2.87. The molecule has 0 aliphatic rings. The molecule has 0 heterocycles. The molecule has 0 N–H and O–H groups in total. The van der Waals surface area contributed by atoms with E-state index in [-0.39, 0.29) is 0 Å². The van der Waals surface area contributed by atoms with Crippen LogP contribution in [0.3, 0.4) is 0 Å². The molecule has 1 heteroatoms. The molecule has 9 heavy (non-hydrogen) atoms. The van der Waals surface area contributed by atoms with Gasteiger partial charge in [-0.25, -0.2) is 6.57 Å². The van der Waals surface area contributed by atoms with E-state index in [4.69, 9.17) is 6.57 Å². The van der Waals surface area contributed by atoms with Crippen LogP contribution in [0.25, 0.3) is 4.85 Å². The maximum Gasteiger partial charge on any atom is 0.223 e. The molecule has 0 spiro atoms. The molecule has 0 saturated carbocycles. The van der Waals surface area contributed by atoms with E-state index < -0.39 is 0 Å². The van der Waals surface area contributed by atoms with Crippen molar-refractivity contribution in [2.24, 2.45) is 0 Å². The van der Waals surface area contributed by atoms with E-state index >= 15 is 0 Å². The summed E-state index contributed by atoms with van der Waals surface area (Å²) in [6.45, 7) is 11.1. The molecule has 1 nitrogen and oxygen atoms in total. The topological polar surface area (TPSA) is 4.36 Å². The lowest BCUT2D eigenvalue weighted by Crippen LogP contribution is -1.99. The first-order chi connectivity index (χ1) is 4.35. The van der Waals surface area contributed by atoms with Crippen molar-refractivity contribution in [3.63, 3.8) is 0 Å². The van der Waals surface area contributed by atoms with Crippen LogP contribution in [0.1, 0.15) is 39.5 Å². The molecule has 0 bridgehead atoms. The Bertz CT molecular complexity index is 85.2. The third-order valence-corrected chi connectivity index (χ3v) is 1.43. The molecule has 0 radical (unpaired) electrons. The van der Waals surface area contributed by atoms with Crippen LogP contribution in [-0.4, -0.2) is 6.04 Å². The van der Waals surface area contributed by atoms with Crippen LogP contribution in [0.5, 0.6) is 0 Å². The van der Waals surface area contributed by atoms with Gasteiger partial charge in [-0.15, -0.1) is 0 Å². The van der Waals surface area contributed by atoms with Gasteiger partial charge in [0.2, 0.25) is 6.04 Å². The molecular weight excluding hydrogens is 110 g/mol. The van der Waals surface area contributed by atoms with E-state index in [9.17, 15) is 0 Å². The van der Waals surface area contributed by atoms with Crippen molar-refractivity contribution < 1.29 is 0 Å². The Hall–Kier alpha value is -0.510. The molecule has 0 rings (SSSR count). The van der Waals surface area contributed by atoms with E-state index in [0.717, 1.165) is 25.7 Å². The number of hydrogen-bond donors (Lipinski definition) is 0. The molecule has 52 valence electrons. The van der Waals surface area contributed by atoms with Crippen LogP contribution in [0.15, 0.2) is 0 Å². The van der Waals surface area contributed by atoms with Crippen LogP contribution in [0, 0.1) is 6.57 Å². The van der Waals surface area contributed by atoms with Gasteiger partial charge in [0.25, 0.3) is 0 Å². The number of hydrogen-bond acceptors (Lipinski definition) is 0. The second-order valence-corrected chi connectivity index (χ2v) is 2.36. The fraction of sp³-hybridized carbons (Fsp3) is 0.875. The summed E-state index contributed by atoms with van der Waals surface area (Å²) in [7, 11) is 0. The zero-order chi connectivity index (χ0) is 7.11. The molecule has 0 saturated heterocycles. The summed E-state index contributed by atoms with van der Waals surface area (Å²) in [4.78, 5) is 3.52. The SMILES string of the molecule is [C-]#[N+]C(CCC)CCC. The van der Waals surface area contributed by atoms with E-state index in [0.29, 0.717) is 6.04 Å². The Labute approximate surface area is 57.9 Å². The maximum absolute atomic E-state index is 6.79. The van der Waals surface area contributed by atoms with Gasteiger partial charge in [-0.1, -0.05) is 13.8 Å². The fourth-order valence-corrected chi connectivity index (χ4v) is 0.940. The highest BCUT2D eigenvalue weighted by Crippen LogP contribution is 2.07. The van der Waals surface area contributed by atoms with Crippen molar-refractivity contribution in [2.45, 2.75) is 45.6 Å². The number of rotatable bonds is 4. The van der Waals surface area contributed by atoms with Crippen molar-refractivity contribution in [1.29, 1.82) is 0 Å². The summed E-state index contributed by atoms with van der Waals surface area (Å²) in [6.07, 6.45) is 4.45. The molecule has 0 aliphatic heterocycles. The lowest BCUT2D eigenvalue weighted by atomic mass is 10.1. The second-order valence-electron chi connectivity index (χ2n) is 2.36. The largest absolute Gasteiger partial charge is 0.314 e. The molecular formula is C8H15N. The fourth-order valence-electron chi connectivity index (χ4n) is 0.940. The lowest BCUT2D eigenvalue weighted by Gasteiger charge is -1.99. The van der Waals surface area contributed by atoms with Crippen molar-refractivity contribution in [1.82, 2.24) is 0 Å². The summed E-state index contributed by atoms with van der Waals surface area (Å²) >= 11 is 0. The van der Waals surface area contributed by atoms with Crippen LogP contribution >= 0.6 is 0 Å². The monoisotopic (exact) mass is 125 g/mol. The van der Waals surface area contributed by atoms with Gasteiger partial charge in [-0.3, -0.25) is 0 Å². The Kier molecular flexibility index (Phi) is 5.30. The van der Waals surface area contributed by atoms with Crippen LogP contribution < -0.4 is 0 Å². The van der Waals surface area contributed by atoms with Crippen molar-refractivity contribution in [3.05, 3.63) is 11.4 Å². The highest BCUT2D eigenvalue weighted by atomic mass is 14.7. The van der Waals surface area contributed by atoms with Gasteiger partial charge in [-0.2, -0.15) is 0 Å². The average molecular weight is 125 g/mol. The first-order valence-electron chi connectivity index (χ1n) is 3.71. The first kappa shape index (κ1) is 8.49. The van der Waals surface area contributed by atoms with Gasteiger partial charge in [-0.05, 0) is 12.8 Å². The first-order valence-corrected chi connectivity index (χ1v) is 3.71. The molecule has 0 unspecified atom stereocenters. The summed E-state index contributed by atoms with van der Waals surface area (Å²) in [5.74, 6) is 0. The number of nitrogens with zero attached hydrogens (tertiary/aromatic N) is 1. The third-order valence-electron chi connectivity index (χ3n) is 1.43. The van der Waals surface area contributed by atoms with Crippen molar-refractivity contribution in [2.75, 3.05) is 0 Å². The molecule has 0 amide bonds. The second kappa shape index (κ2) is 5.62. The van der Waals surface area contributed by atoms with Crippen molar-refractivity contribution in [3.8, 4) is 0 Å². The maximum atomic E-state index is 6.79. The highest BCUT2D eigenvalue weighted by molar-refractivity contribution is 4.76. The third kappa shape index (κ3) is 4.02. The van der Waals surface area contributed by atoms with E-state index in [1.807, 2.05) is 0 Å². The normalized spacial score (nSPS) is 9.56. The summed E-state index contributed by atoms with van der Waals surface area (Å²) in [5.41, 5.74) is 0. The van der Waals surface area contributed by atoms with E-state index in [2.05, 4.69) is 18.7 Å². The van der Waals surface area contributed by atoms with Gasteiger partial charge in [0.15, 0.2) is 0 Å².